The van der Waals surface area contributed by atoms with Crippen molar-refractivity contribution in [3.8, 4) is 11.3 Å². The zero-order valence-electron chi connectivity index (χ0n) is 11.7. The molecule has 0 radical (unpaired) electrons. The quantitative estimate of drug-likeness (QED) is 0.855. The van der Waals surface area contributed by atoms with E-state index >= 15 is 0 Å². The fourth-order valence-corrected chi connectivity index (χ4v) is 3.85. The topological polar surface area (TPSA) is 38.9 Å². The SMILES string of the molecule is Cc1ccc(-c2nc(C3CCCCC3)sc2N)cc1F. The van der Waals surface area contributed by atoms with Crippen LogP contribution in [0.4, 0.5) is 9.39 Å². The average molecular weight is 290 g/mol. The molecule has 0 unspecified atom stereocenters. The summed E-state index contributed by atoms with van der Waals surface area (Å²) in [5, 5.41) is 1.83. The Labute approximate surface area is 122 Å². The maximum absolute atomic E-state index is 13.7. The van der Waals surface area contributed by atoms with Crippen LogP contribution in [-0.2, 0) is 0 Å². The zero-order valence-corrected chi connectivity index (χ0v) is 12.5. The first-order valence-electron chi connectivity index (χ1n) is 7.18. The summed E-state index contributed by atoms with van der Waals surface area (Å²) < 4.78 is 13.7. The van der Waals surface area contributed by atoms with Gasteiger partial charge in [-0.05, 0) is 31.4 Å². The number of nitrogen functional groups attached to an aromatic ring is 1. The Kier molecular flexibility index (Phi) is 3.74. The number of nitrogens with two attached hydrogens (primary N) is 1. The van der Waals surface area contributed by atoms with Crippen LogP contribution in [0, 0.1) is 12.7 Å². The van der Waals surface area contributed by atoms with Crippen LogP contribution in [-0.4, -0.2) is 4.98 Å². The molecule has 4 heteroatoms. The van der Waals surface area contributed by atoms with Crippen molar-refractivity contribution in [2.45, 2.75) is 44.9 Å². The summed E-state index contributed by atoms with van der Waals surface area (Å²) in [6.45, 7) is 1.76. The molecule has 20 heavy (non-hydrogen) atoms. The molecule has 1 aliphatic rings. The van der Waals surface area contributed by atoms with Crippen LogP contribution in [0.25, 0.3) is 11.3 Å². The molecule has 2 aromatic rings. The Hall–Kier alpha value is -1.42. The lowest BCUT2D eigenvalue weighted by Gasteiger charge is -2.18. The minimum Gasteiger partial charge on any atom is -0.389 e. The molecule has 1 heterocycles. The average Bonchev–Trinajstić information content (AvgIpc) is 2.85. The molecule has 0 atom stereocenters. The summed E-state index contributed by atoms with van der Waals surface area (Å²) in [6.07, 6.45) is 6.29. The fourth-order valence-electron chi connectivity index (χ4n) is 2.82. The second-order valence-corrected chi connectivity index (χ2v) is 6.63. The van der Waals surface area contributed by atoms with Gasteiger partial charge in [0.05, 0.1) is 5.01 Å². The molecule has 0 aliphatic heterocycles. The van der Waals surface area contributed by atoms with Gasteiger partial charge < -0.3 is 5.73 Å². The monoisotopic (exact) mass is 290 g/mol. The molecule has 2 N–H and O–H groups in total. The lowest BCUT2D eigenvalue weighted by Crippen LogP contribution is -2.03. The van der Waals surface area contributed by atoms with E-state index < -0.39 is 0 Å². The third-order valence-electron chi connectivity index (χ3n) is 4.07. The van der Waals surface area contributed by atoms with Crippen LogP contribution in [0.15, 0.2) is 18.2 Å². The van der Waals surface area contributed by atoms with Gasteiger partial charge in [-0.1, -0.05) is 31.4 Å². The number of nitrogens with zero attached hydrogens (tertiary/aromatic N) is 1. The standard InChI is InChI=1S/C16H19FN2S/c1-10-7-8-12(9-13(10)17)14-15(18)20-16(19-14)11-5-3-2-4-6-11/h7-9,11H,2-6,18H2,1H3. The van der Waals surface area contributed by atoms with E-state index in [0.717, 1.165) is 16.3 Å². The van der Waals surface area contributed by atoms with Gasteiger partial charge >= 0.3 is 0 Å². The van der Waals surface area contributed by atoms with E-state index in [-0.39, 0.29) is 5.82 Å². The number of thiazole rings is 1. The minimum absolute atomic E-state index is 0.200. The van der Waals surface area contributed by atoms with Crippen LogP contribution in [0.3, 0.4) is 0 Å². The summed E-state index contributed by atoms with van der Waals surface area (Å²) in [4.78, 5) is 4.70. The first kappa shape index (κ1) is 13.6. The molecule has 1 aromatic heterocycles. The summed E-state index contributed by atoms with van der Waals surface area (Å²) in [5.41, 5.74) is 8.28. The molecule has 1 fully saturated rings. The number of hydrogen-bond donors (Lipinski definition) is 1. The molecule has 0 amide bonds. The summed E-state index contributed by atoms with van der Waals surface area (Å²) >= 11 is 1.57. The predicted octanol–water partition coefficient (Wildman–Crippen LogP) is 4.89. The number of aryl methyl sites for hydroxylation is 1. The molecule has 0 saturated heterocycles. The maximum Gasteiger partial charge on any atom is 0.126 e. The number of rotatable bonds is 2. The Morgan fingerprint density at radius 2 is 2.00 bits per heavy atom. The van der Waals surface area contributed by atoms with Crippen molar-refractivity contribution in [3.63, 3.8) is 0 Å². The normalized spacial score (nSPS) is 16.5. The molecule has 1 saturated carbocycles. The van der Waals surface area contributed by atoms with E-state index in [2.05, 4.69) is 0 Å². The van der Waals surface area contributed by atoms with Crippen molar-refractivity contribution in [2.75, 3.05) is 5.73 Å². The highest BCUT2D eigenvalue weighted by molar-refractivity contribution is 7.16. The minimum atomic E-state index is -0.200. The highest BCUT2D eigenvalue weighted by atomic mass is 32.1. The van der Waals surface area contributed by atoms with Crippen LogP contribution in [0.5, 0.6) is 0 Å². The number of aromatic nitrogens is 1. The van der Waals surface area contributed by atoms with Crippen molar-refractivity contribution >= 4 is 16.3 Å². The largest absolute Gasteiger partial charge is 0.389 e. The molecule has 1 aliphatic carbocycles. The van der Waals surface area contributed by atoms with Gasteiger partial charge in [-0.2, -0.15) is 0 Å². The molecule has 2 nitrogen and oxygen atoms in total. The number of benzene rings is 1. The van der Waals surface area contributed by atoms with Crippen molar-refractivity contribution in [1.29, 1.82) is 0 Å². The molecule has 0 bridgehead atoms. The van der Waals surface area contributed by atoms with Gasteiger partial charge in [-0.3, -0.25) is 0 Å². The smallest absolute Gasteiger partial charge is 0.126 e. The van der Waals surface area contributed by atoms with Crippen LogP contribution in [0.1, 0.15) is 48.6 Å². The summed E-state index contributed by atoms with van der Waals surface area (Å²) in [7, 11) is 0. The second-order valence-electron chi connectivity index (χ2n) is 5.56. The second kappa shape index (κ2) is 5.52. The molecule has 106 valence electrons. The van der Waals surface area contributed by atoms with Crippen molar-refractivity contribution in [3.05, 3.63) is 34.6 Å². The van der Waals surface area contributed by atoms with Crippen molar-refractivity contribution in [2.24, 2.45) is 0 Å². The predicted molar refractivity (Wildman–Crippen MR) is 82.5 cm³/mol. The van der Waals surface area contributed by atoms with Gasteiger partial charge in [0.25, 0.3) is 0 Å². The Balaban J connectivity index is 1.93. The Morgan fingerprint density at radius 3 is 2.70 bits per heavy atom. The highest BCUT2D eigenvalue weighted by Crippen LogP contribution is 2.39. The number of anilines is 1. The van der Waals surface area contributed by atoms with Gasteiger partial charge in [0.15, 0.2) is 0 Å². The first-order valence-corrected chi connectivity index (χ1v) is 7.99. The van der Waals surface area contributed by atoms with E-state index in [4.69, 9.17) is 10.7 Å². The van der Waals surface area contributed by atoms with Crippen LogP contribution in [0.2, 0.25) is 0 Å². The van der Waals surface area contributed by atoms with Gasteiger partial charge in [-0.15, -0.1) is 11.3 Å². The molecular formula is C16H19FN2S. The van der Waals surface area contributed by atoms with E-state index in [1.165, 1.54) is 38.2 Å². The van der Waals surface area contributed by atoms with Gasteiger partial charge in [-0.25, -0.2) is 9.37 Å². The zero-order chi connectivity index (χ0) is 14.1. The lowest BCUT2D eigenvalue weighted by molar-refractivity contribution is 0.442. The Morgan fingerprint density at radius 1 is 1.25 bits per heavy atom. The summed E-state index contributed by atoms with van der Waals surface area (Å²) in [5.74, 6) is 0.342. The summed E-state index contributed by atoms with van der Waals surface area (Å²) in [6, 6.07) is 5.21. The lowest BCUT2D eigenvalue weighted by atomic mass is 9.90. The molecular weight excluding hydrogens is 271 g/mol. The maximum atomic E-state index is 13.7. The first-order chi connectivity index (χ1) is 9.65. The van der Waals surface area contributed by atoms with Crippen molar-refractivity contribution < 1.29 is 4.39 Å². The fraction of sp³-hybridized carbons (Fsp3) is 0.438. The van der Waals surface area contributed by atoms with E-state index in [1.807, 2.05) is 6.07 Å². The van der Waals surface area contributed by atoms with E-state index in [9.17, 15) is 4.39 Å². The third kappa shape index (κ3) is 2.57. The molecule has 1 aromatic carbocycles. The van der Waals surface area contributed by atoms with Crippen LogP contribution >= 0.6 is 11.3 Å². The third-order valence-corrected chi connectivity index (χ3v) is 5.12. The molecule has 0 spiro atoms. The Bertz CT molecular complexity index is 615. The highest BCUT2D eigenvalue weighted by Gasteiger charge is 2.21. The van der Waals surface area contributed by atoms with Crippen molar-refractivity contribution in [1.82, 2.24) is 4.98 Å². The van der Waals surface area contributed by atoms with E-state index in [0.29, 0.717) is 16.5 Å². The van der Waals surface area contributed by atoms with Gasteiger partial charge in [0.2, 0.25) is 0 Å². The van der Waals surface area contributed by atoms with Crippen LogP contribution < -0.4 is 5.73 Å². The number of hydrogen-bond acceptors (Lipinski definition) is 3. The van der Waals surface area contributed by atoms with Gasteiger partial charge in [0, 0.05) is 11.5 Å². The molecule has 3 rings (SSSR count). The van der Waals surface area contributed by atoms with Gasteiger partial charge in [0.1, 0.15) is 16.5 Å². The number of halogens is 1. The van der Waals surface area contributed by atoms with E-state index in [1.54, 1.807) is 24.3 Å².